The van der Waals surface area contributed by atoms with E-state index in [9.17, 15) is 29.3 Å². The van der Waals surface area contributed by atoms with Crippen molar-refractivity contribution in [1.29, 1.82) is 0 Å². The molecule has 0 aliphatic heterocycles. The van der Waals surface area contributed by atoms with Crippen LogP contribution in [-0.2, 0) is 17.8 Å². The van der Waals surface area contributed by atoms with Crippen molar-refractivity contribution in [3.8, 4) is 11.4 Å². The van der Waals surface area contributed by atoms with Gasteiger partial charge in [0.1, 0.15) is 11.6 Å². The van der Waals surface area contributed by atoms with Crippen molar-refractivity contribution in [3.63, 3.8) is 0 Å². The van der Waals surface area contributed by atoms with Crippen LogP contribution >= 0.6 is 0 Å². The molecule has 1 heterocycles. The average Bonchev–Trinajstić information content (AvgIpc) is 3.26. The molecule has 3 rings (SSSR count). The van der Waals surface area contributed by atoms with Crippen molar-refractivity contribution in [2.45, 2.75) is 64.2 Å². The Hall–Kier alpha value is -2.76. The average molecular weight is 550 g/mol. The summed E-state index contributed by atoms with van der Waals surface area (Å²) in [5, 5.41) is 38.5. The van der Waals surface area contributed by atoms with Crippen LogP contribution in [0.3, 0.4) is 0 Å². The minimum Gasteiger partial charge on any atom is -0.550 e. The molecule has 0 aliphatic carbocycles. The zero-order chi connectivity index (χ0) is 27.8. The van der Waals surface area contributed by atoms with E-state index < -0.39 is 30.4 Å². The van der Waals surface area contributed by atoms with Gasteiger partial charge in [0.15, 0.2) is 5.69 Å². The minimum absolute atomic E-state index is 0. The Morgan fingerprint density at radius 1 is 1.08 bits per heavy atom. The maximum Gasteiger partial charge on any atom is 1.00 e. The number of halogens is 1. The van der Waals surface area contributed by atoms with E-state index in [0.29, 0.717) is 22.7 Å². The van der Waals surface area contributed by atoms with Crippen molar-refractivity contribution >= 4 is 11.9 Å². The molecule has 0 radical (unpaired) electrons. The summed E-state index contributed by atoms with van der Waals surface area (Å²) in [6.07, 6.45) is -2.47. The molecule has 11 heteroatoms. The van der Waals surface area contributed by atoms with Gasteiger partial charge in [0.2, 0.25) is 0 Å². The molecule has 1 aromatic heterocycles. The third kappa shape index (κ3) is 9.15. The second-order valence-corrected chi connectivity index (χ2v) is 9.44. The topological polar surface area (TPSA) is 137 Å². The zero-order valence-electron chi connectivity index (χ0n) is 22.7. The number of hydrogen-bond acceptors (Lipinski definition) is 7. The monoisotopic (exact) mass is 549 g/mol. The molecule has 0 aliphatic rings. The van der Waals surface area contributed by atoms with Crippen molar-refractivity contribution < 1.29 is 63.6 Å². The molecule has 2 aromatic carbocycles. The maximum atomic E-state index is 13.6. The van der Waals surface area contributed by atoms with E-state index >= 15 is 0 Å². The van der Waals surface area contributed by atoms with Crippen LogP contribution in [0.5, 0.6) is 5.75 Å². The number of rotatable bonds is 13. The predicted octanol–water partition coefficient (Wildman–Crippen LogP) is -0.738. The van der Waals surface area contributed by atoms with Crippen molar-refractivity contribution in [2.24, 2.45) is 0 Å². The van der Waals surface area contributed by atoms with Gasteiger partial charge in [0.05, 0.1) is 25.0 Å². The van der Waals surface area contributed by atoms with Gasteiger partial charge in [-0.15, -0.1) is 0 Å². The van der Waals surface area contributed by atoms with Gasteiger partial charge in [0.25, 0.3) is 5.91 Å². The quantitative estimate of drug-likeness (QED) is 0.239. The Bertz CT molecular complexity index is 1230. The van der Waals surface area contributed by atoms with E-state index in [1.54, 1.807) is 36.1 Å². The molecule has 39 heavy (non-hydrogen) atoms. The van der Waals surface area contributed by atoms with Crippen molar-refractivity contribution in [1.82, 2.24) is 15.1 Å². The summed E-state index contributed by atoms with van der Waals surface area (Å²) < 4.78 is 20.4. The van der Waals surface area contributed by atoms with E-state index in [1.807, 2.05) is 26.0 Å². The summed E-state index contributed by atoms with van der Waals surface area (Å²) in [4.78, 5) is 24.0. The summed E-state index contributed by atoms with van der Waals surface area (Å²) >= 11 is 0. The molecule has 2 atom stereocenters. The summed E-state index contributed by atoms with van der Waals surface area (Å²) in [5.41, 5.74) is 2.99. The normalized spacial score (nSPS) is 12.5. The summed E-state index contributed by atoms with van der Waals surface area (Å²) in [7, 11) is 1.58. The van der Waals surface area contributed by atoms with E-state index in [-0.39, 0.29) is 72.9 Å². The number of ether oxygens (including phenoxy) is 1. The number of amides is 1. The van der Waals surface area contributed by atoms with Gasteiger partial charge in [-0.1, -0.05) is 26.0 Å². The fourth-order valence-electron chi connectivity index (χ4n) is 4.30. The number of aromatic nitrogens is 2. The number of aliphatic hydroxyl groups is 2. The molecule has 9 nitrogen and oxygen atoms in total. The minimum atomic E-state index is -1.40. The van der Waals surface area contributed by atoms with Gasteiger partial charge in [-0.25, -0.2) is 9.07 Å². The number of nitrogens with one attached hydrogen (secondary N) is 1. The first-order chi connectivity index (χ1) is 18.1. The number of carbonyl (C=O) groups is 2. The Balaban J connectivity index is 0.00000533. The Labute approximate surface area is 249 Å². The predicted molar refractivity (Wildman–Crippen MR) is 136 cm³/mol. The Morgan fingerprint density at radius 3 is 2.28 bits per heavy atom. The van der Waals surface area contributed by atoms with E-state index in [2.05, 4.69) is 10.4 Å². The van der Waals surface area contributed by atoms with Crippen LogP contribution in [0.2, 0.25) is 0 Å². The number of carbonyl (C=O) groups excluding carboxylic acids is 2. The van der Waals surface area contributed by atoms with Crippen LogP contribution in [0, 0.1) is 5.82 Å². The second kappa shape index (κ2) is 15.1. The SMILES string of the molecule is COc1ccc(CNC(=O)c2nn(-c3ccc(F)cc3)c(CC[C@@H](O)C[C@@H](O)CC(=O)[O-])c2C(C)C)cc1.[Na+]. The Morgan fingerprint density at radius 2 is 1.72 bits per heavy atom. The first-order valence-corrected chi connectivity index (χ1v) is 12.4. The molecule has 0 spiro atoms. The molecular formula is C28H33FN3NaO6. The fraction of sp³-hybridized carbons (Fsp3) is 0.393. The van der Waals surface area contributed by atoms with Crippen LogP contribution in [0.1, 0.15) is 66.3 Å². The number of carboxylic acid groups (broad SMARTS) is 1. The first-order valence-electron chi connectivity index (χ1n) is 12.4. The van der Waals surface area contributed by atoms with Crippen LogP contribution in [0.15, 0.2) is 48.5 Å². The van der Waals surface area contributed by atoms with Gasteiger partial charge in [-0.05, 0) is 67.1 Å². The fourth-order valence-corrected chi connectivity index (χ4v) is 4.30. The molecule has 0 bridgehead atoms. The van der Waals surface area contributed by atoms with E-state index in [4.69, 9.17) is 4.74 Å². The molecule has 0 fully saturated rings. The molecule has 3 N–H and O–H groups in total. The van der Waals surface area contributed by atoms with Gasteiger partial charge >= 0.3 is 29.6 Å². The molecule has 3 aromatic rings. The summed E-state index contributed by atoms with van der Waals surface area (Å²) in [5.74, 6) is -1.59. The van der Waals surface area contributed by atoms with Crippen molar-refractivity contribution in [3.05, 3.63) is 76.9 Å². The molecule has 1 amide bonds. The Kier molecular flexibility index (Phi) is 12.6. The molecule has 0 unspecified atom stereocenters. The van der Waals surface area contributed by atoms with Gasteiger partial charge in [-0.3, -0.25) is 4.79 Å². The van der Waals surface area contributed by atoms with Crippen LogP contribution in [0.25, 0.3) is 5.69 Å². The second-order valence-electron chi connectivity index (χ2n) is 9.44. The van der Waals surface area contributed by atoms with Crippen LogP contribution in [-0.4, -0.2) is 51.2 Å². The smallest absolute Gasteiger partial charge is 0.550 e. The molecule has 0 saturated heterocycles. The van der Waals surface area contributed by atoms with E-state index in [1.165, 1.54) is 12.1 Å². The number of aliphatic hydroxyl groups excluding tert-OH is 2. The van der Waals surface area contributed by atoms with Crippen molar-refractivity contribution in [2.75, 3.05) is 7.11 Å². The number of nitrogens with zero attached hydrogens (tertiary/aromatic N) is 2. The number of aliphatic carboxylic acids is 1. The van der Waals surface area contributed by atoms with Gasteiger partial charge in [-0.2, -0.15) is 5.10 Å². The zero-order valence-corrected chi connectivity index (χ0v) is 24.7. The molecule has 204 valence electrons. The largest absolute Gasteiger partial charge is 1.00 e. The van der Waals surface area contributed by atoms with Crippen LogP contribution < -0.4 is 44.7 Å². The number of methoxy groups -OCH3 is 1. The first kappa shape index (κ1) is 32.5. The summed E-state index contributed by atoms with van der Waals surface area (Å²) in [6, 6.07) is 13.0. The van der Waals surface area contributed by atoms with Crippen LogP contribution in [0.4, 0.5) is 4.39 Å². The standard InChI is InChI=1S/C28H34FN3O6.Na/c1-17(2)26-24(13-10-21(33)14-22(34)15-25(35)36)32(20-8-6-19(29)7-9-20)31-27(26)28(37)30-16-18-4-11-23(38-3)12-5-18;/h4-9,11-12,17,21-22,33-34H,10,13-16H2,1-3H3,(H,30,37)(H,35,36);/q;+1/p-1/t21-,22-;/m1./s1. The van der Waals surface area contributed by atoms with Gasteiger partial charge in [0, 0.05) is 30.2 Å². The summed E-state index contributed by atoms with van der Waals surface area (Å²) in [6.45, 7) is 4.12. The molecular weight excluding hydrogens is 516 g/mol. The third-order valence-corrected chi connectivity index (χ3v) is 6.16. The number of benzene rings is 2. The number of carboxylic acids is 1. The number of hydrogen-bond donors (Lipinski definition) is 3. The maximum absolute atomic E-state index is 13.6. The third-order valence-electron chi connectivity index (χ3n) is 6.16. The van der Waals surface area contributed by atoms with Gasteiger partial charge < -0.3 is 30.2 Å². The van der Waals surface area contributed by atoms with E-state index in [0.717, 1.165) is 5.56 Å². The molecule has 0 saturated carbocycles.